The largest absolute Gasteiger partial charge is 0.458 e. The number of hydrogen-bond acceptors (Lipinski definition) is 6. The van der Waals surface area contributed by atoms with E-state index >= 15 is 0 Å². The summed E-state index contributed by atoms with van der Waals surface area (Å²) in [5.74, 6) is -0.608. The van der Waals surface area contributed by atoms with E-state index in [-0.39, 0.29) is 35.0 Å². The van der Waals surface area contributed by atoms with Crippen molar-refractivity contribution in [1.82, 2.24) is 5.32 Å². The molecule has 1 heterocycles. The van der Waals surface area contributed by atoms with Gasteiger partial charge in [-0.15, -0.1) is 0 Å². The van der Waals surface area contributed by atoms with Gasteiger partial charge in [0.1, 0.15) is 6.10 Å². The molecule has 7 nitrogen and oxygen atoms in total. The van der Waals surface area contributed by atoms with Gasteiger partial charge in [-0.3, -0.25) is 4.79 Å². The van der Waals surface area contributed by atoms with Crippen molar-refractivity contribution < 1.29 is 28.3 Å². The summed E-state index contributed by atoms with van der Waals surface area (Å²) in [6.45, 7) is 34.9. The third kappa shape index (κ3) is 17.9. The molecule has 318 valence electrons. The fourth-order valence-electron chi connectivity index (χ4n) is 7.29. The van der Waals surface area contributed by atoms with Crippen molar-refractivity contribution in [3.63, 3.8) is 0 Å². The maximum Gasteiger partial charge on any atom is 0.330 e. The lowest BCUT2D eigenvalue weighted by molar-refractivity contribution is -0.144. The number of esters is 1. The van der Waals surface area contributed by atoms with Crippen molar-refractivity contribution in [2.45, 2.75) is 195 Å². The maximum atomic E-state index is 13.2. The van der Waals surface area contributed by atoms with Crippen LogP contribution in [0.5, 0.6) is 0 Å². The quantitative estimate of drug-likeness (QED) is 0.0670. The first-order valence-electron chi connectivity index (χ1n) is 21.1. The van der Waals surface area contributed by atoms with Gasteiger partial charge in [0.25, 0.3) is 0 Å². The molecular weight excluding hydrogens is 731 g/mol. The molecule has 2 N–H and O–H groups in total. The first-order valence-corrected chi connectivity index (χ1v) is 26.2. The van der Waals surface area contributed by atoms with Crippen molar-refractivity contribution in [1.29, 1.82) is 0 Å². The molecule has 0 aromatic rings. The van der Waals surface area contributed by atoms with Crippen molar-refractivity contribution in [3.8, 4) is 0 Å². The summed E-state index contributed by atoms with van der Waals surface area (Å²) in [5, 5.41) is 14.6. The van der Waals surface area contributed by atoms with Gasteiger partial charge in [-0.2, -0.15) is 0 Å². The molecule has 0 aromatic carbocycles. The predicted molar refractivity (Wildman–Crippen MR) is 242 cm³/mol. The zero-order valence-electron chi connectivity index (χ0n) is 38.2. The number of allylic oxidation sites excluding steroid dienone is 7. The molecule has 1 aliphatic heterocycles. The topological polar surface area (TPSA) is 94.1 Å². The van der Waals surface area contributed by atoms with Gasteiger partial charge < -0.3 is 24.0 Å². The van der Waals surface area contributed by atoms with Crippen LogP contribution in [-0.4, -0.2) is 58.0 Å². The minimum Gasteiger partial charge on any atom is -0.458 e. The summed E-state index contributed by atoms with van der Waals surface area (Å²) in [6.07, 6.45) is 23.5. The van der Waals surface area contributed by atoms with Gasteiger partial charge in [-0.25, -0.2) is 4.79 Å². The number of ether oxygens (including phenoxy) is 1. The molecule has 56 heavy (non-hydrogen) atoms. The Balaban J connectivity index is 3.54. The number of nitrogens with one attached hydrogen (secondary N) is 1. The number of aliphatic hydroxyl groups excluding tert-OH is 1. The van der Waals surface area contributed by atoms with E-state index in [4.69, 9.17) is 13.6 Å². The van der Waals surface area contributed by atoms with Crippen molar-refractivity contribution in [3.05, 3.63) is 83.7 Å². The summed E-state index contributed by atoms with van der Waals surface area (Å²) in [7, 11) is -4.44. The lowest BCUT2D eigenvalue weighted by atomic mass is 9.95. The van der Waals surface area contributed by atoms with Gasteiger partial charge in [0, 0.05) is 30.7 Å². The van der Waals surface area contributed by atoms with Crippen molar-refractivity contribution in [2.24, 2.45) is 5.92 Å². The minimum absolute atomic E-state index is 0.0380. The van der Waals surface area contributed by atoms with Crippen LogP contribution < -0.4 is 5.32 Å². The van der Waals surface area contributed by atoms with Crippen LogP contribution in [0.1, 0.15) is 135 Å². The molecule has 0 radical (unpaired) electrons. The van der Waals surface area contributed by atoms with Gasteiger partial charge in [-0.05, 0) is 101 Å². The molecule has 0 unspecified atom stereocenters. The Morgan fingerprint density at radius 3 is 2.14 bits per heavy atom. The number of amides is 1. The van der Waals surface area contributed by atoms with E-state index in [1.807, 2.05) is 45.9 Å². The molecule has 0 saturated heterocycles. The van der Waals surface area contributed by atoms with Crippen molar-refractivity contribution in [2.75, 3.05) is 0 Å². The third-order valence-electron chi connectivity index (χ3n) is 11.3. The van der Waals surface area contributed by atoms with Crippen LogP contribution in [0.2, 0.25) is 34.8 Å². The van der Waals surface area contributed by atoms with E-state index < -0.39 is 28.8 Å². The molecule has 5 atom stereocenters. The van der Waals surface area contributed by atoms with E-state index in [2.05, 4.69) is 118 Å². The van der Waals surface area contributed by atoms with Gasteiger partial charge in [0.2, 0.25) is 14.2 Å². The summed E-state index contributed by atoms with van der Waals surface area (Å²) in [6, 6.07) is 0. The minimum atomic E-state index is -2.31. The number of rotatable bonds is 12. The zero-order valence-corrected chi connectivity index (χ0v) is 40.2. The average Bonchev–Trinajstić information content (AvgIpc) is 3.05. The number of aliphatic hydroxyl groups is 1. The smallest absolute Gasteiger partial charge is 0.330 e. The standard InChI is InChI=1S/C47H81NO6Si2/c1-34(2)31-45(50)48-30-29-39(10)32-40(11)44-33-38(9)23-19-17-21-25-42(49)43(54-56(35(3)4,36(5)6)37(7)8)28-27-41(53-55(15,16)47(12,13)14)24-20-18-22-26-46(51)52-44/h17,19,22-23,26-32,35-37,40-44,49H,18,20-21,24-25,33H2,1-16H3,(H,48,50)/t40-,41+,42+,43+,44-/m0/s1. The number of hydrogen-bond donors (Lipinski definition) is 2. The molecule has 9 heteroatoms. The highest BCUT2D eigenvalue weighted by Crippen LogP contribution is 2.44. The van der Waals surface area contributed by atoms with Crippen LogP contribution in [0.4, 0.5) is 0 Å². The van der Waals surface area contributed by atoms with E-state index in [1.54, 1.807) is 18.4 Å². The van der Waals surface area contributed by atoms with Crippen LogP contribution in [0.3, 0.4) is 0 Å². The monoisotopic (exact) mass is 812 g/mol. The van der Waals surface area contributed by atoms with Gasteiger partial charge in [-0.1, -0.05) is 128 Å². The maximum absolute atomic E-state index is 13.2. The second-order valence-corrected chi connectivity index (χ2v) is 28.8. The van der Waals surface area contributed by atoms with E-state index in [1.165, 1.54) is 0 Å². The van der Waals surface area contributed by atoms with Crippen LogP contribution in [0.15, 0.2) is 83.7 Å². The van der Waals surface area contributed by atoms with Crippen LogP contribution >= 0.6 is 0 Å². The normalized spacial score (nSPS) is 22.7. The summed E-state index contributed by atoms with van der Waals surface area (Å²) in [5.41, 5.74) is 4.12. The van der Waals surface area contributed by atoms with Gasteiger partial charge >= 0.3 is 5.97 Å². The molecule has 1 aliphatic rings. The molecule has 0 fully saturated rings. The molecular formula is C47H81NO6Si2. The predicted octanol–water partition coefficient (Wildman–Crippen LogP) is 12.4. The van der Waals surface area contributed by atoms with E-state index in [0.29, 0.717) is 42.3 Å². The van der Waals surface area contributed by atoms with Gasteiger partial charge in [0.05, 0.1) is 18.3 Å². The molecule has 1 rings (SSSR count). The summed E-state index contributed by atoms with van der Waals surface area (Å²) in [4.78, 5) is 25.2. The Morgan fingerprint density at radius 1 is 0.946 bits per heavy atom. The van der Waals surface area contributed by atoms with Crippen molar-refractivity contribution >= 4 is 28.5 Å². The third-order valence-corrected chi connectivity index (χ3v) is 21.9. The molecule has 0 aliphatic carbocycles. The Hall–Kier alpha value is -2.57. The molecule has 0 aromatic heterocycles. The second kappa shape index (κ2) is 24.4. The zero-order chi connectivity index (χ0) is 42.9. The van der Waals surface area contributed by atoms with Crippen LogP contribution in [-0.2, 0) is 23.2 Å². The summed E-state index contributed by atoms with van der Waals surface area (Å²) >= 11 is 0. The molecule has 0 saturated carbocycles. The SMILES string of the molecule is CC(C)=CC(=O)NC=CC(C)=C[C@H](C)[C@@H]1CC(C)=CC=CCC[C@@H](O)[C@H](O[Si](C(C)C)(C(C)C)C(C)C)C=C[C@H](O[Si](C)(C)C(C)(C)C)CCCC=CC(=O)O1. The lowest BCUT2D eigenvalue weighted by Crippen LogP contribution is -2.52. The Morgan fingerprint density at radius 2 is 1.57 bits per heavy atom. The highest BCUT2D eigenvalue weighted by molar-refractivity contribution is 6.77. The highest BCUT2D eigenvalue weighted by Gasteiger charge is 2.47. The fraction of sp³-hybridized carbons (Fsp3) is 0.660. The Bertz CT molecular complexity index is 1420. The Labute approximate surface area is 345 Å². The van der Waals surface area contributed by atoms with Crippen LogP contribution in [0.25, 0.3) is 0 Å². The average molecular weight is 812 g/mol. The lowest BCUT2D eigenvalue weighted by Gasteiger charge is -2.45. The molecule has 1 amide bonds. The second-order valence-electron chi connectivity index (χ2n) is 18.6. The molecule has 0 spiro atoms. The first kappa shape index (κ1) is 51.5. The number of cyclic esters (lactones) is 1. The Kier molecular flexibility index (Phi) is 22.4. The number of carbonyl (C=O) groups is 2. The number of carbonyl (C=O) groups excluding carboxylic acids is 2. The first-order chi connectivity index (χ1) is 25.9. The summed E-state index contributed by atoms with van der Waals surface area (Å²) < 4.78 is 20.3. The van der Waals surface area contributed by atoms with Crippen LogP contribution in [0, 0.1) is 5.92 Å². The highest BCUT2D eigenvalue weighted by atomic mass is 28.4. The fourth-order valence-corrected chi connectivity index (χ4v) is 14.1. The van der Waals surface area contributed by atoms with E-state index in [0.717, 1.165) is 29.6 Å². The van der Waals surface area contributed by atoms with Gasteiger partial charge in [0.15, 0.2) is 8.32 Å². The molecule has 0 bridgehead atoms. The van der Waals surface area contributed by atoms with E-state index in [9.17, 15) is 14.7 Å².